The summed E-state index contributed by atoms with van der Waals surface area (Å²) in [5, 5.41) is 5.10. The lowest BCUT2D eigenvalue weighted by molar-refractivity contribution is -0.986. The molecule has 6 aliphatic heterocycles. The first-order valence-electron chi connectivity index (χ1n) is 23.8. The van der Waals surface area contributed by atoms with E-state index in [1.807, 2.05) is 24.5 Å². The van der Waals surface area contributed by atoms with Crippen molar-refractivity contribution in [3.63, 3.8) is 0 Å². The summed E-state index contributed by atoms with van der Waals surface area (Å²) in [4.78, 5) is 9.51. The summed E-state index contributed by atoms with van der Waals surface area (Å²) in [5.41, 5.74) is 7.51. The molecular formula is C56H66N4O2+2. The monoisotopic (exact) mass is 827 g/mol. The van der Waals surface area contributed by atoms with E-state index in [-0.39, 0.29) is 12.2 Å². The molecule has 0 unspecified atom stereocenters. The van der Waals surface area contributed by atoms with E-state index in [9.17, 15) is 0 Å². The third-order valence-corrected chi connectivity index (χ3v) is 16.4. The van der Waals surface area contributed by atoms with Crippen LogP contribution in [-0.4, -0.2) is 70.4 Å². The fraction of sp³-hybridized carbons (Fsp3) is 0.429. The van der Waals surface area contributed by atoms with Crippen molar-refractivity contribution in [3.8, 4) is 0 Å². The van der Waals surface area contributed by atoms with Gasteiger partial charge in [0, 0.05) is 71.8 Å². The molecule has 6 aliphatic rings. The van der Waals surface area contributed by atoms with Crippen LogP contribution in [0.4, 0.5) is 0 Å². The molecule has 6 saturated heterocycles. The molecule has 6 aromatic rings. The van der Waals surface area contributed by atoms with Crippen molar-refractivity contribution >= 4 is 32.6 Å². The molecule has 6 fully saturated rings. The molecule has 4 aromatic carbocycles. The highest BCUT2D eigenvalue weighted by Crippen LogP contribution is 2.51. The first kappa shape index (κ1) is 41.3. The van der Waals surface area contributed by atoms with Gasteiger partial charge in [-0.15, -0.1) is 13.2 Å². The second-order valence-electron chi connectivity index (χ2n) is 19.5. The molecule has 6 heteroatoms. The van der Waals surface area contributed by atoms with Crippen molar-refractivity contribution in [2.75, 3.05) is 39.4 Å². The van der Waals surface area contributed by atoms with Gasteiger partial charge in [0.15, 0.2) is 0 Å². The van der Waals surface area contributed by atoms with Gasteiger partial charge in [-0.3, -0.25) is 9.97 Å². The van der Waals surface area contributed by atoms with Crippen LogP contribution < -0.4 is 0 Å². The van der Waals surface area contributed by atoms with Crippen molar-refractivity contribution in [1.29, 1.82) is 0 Å². The summed E-state index contributed by atoms with van der Waals surface area (Å²) >= 11 is 0. The molecule has 0 saturated carbocycles. The number of pyridine rings is 2. The number of quaternary nitrogens is 2. The molecule has 2 aromatic heterocycles. The summed E-state index contributed by atoms with van der Waals surface area (Å²) in [5.74, 6) is 2.98. The Labute approximate surface area is 369 Å². The van der Waals surface area contributed by atoms with Crippen molar-refractivity contribution in [2.45, 2.75) is 89.8 Å². The Morgan fingerprint density at radius 2 is 1.08 bits per heavy atom. The highest BCUT2D eigenvalue weighted by molar-refractivity contribution is 5.84. The first-order valence-corrected chi connectivity index (χ1v) is 23.8. The molecular weight excluding hydrogens is 761 g/mol. The lowest BCUT2D eigenvalue weighted by atomic mass is 9.70. The van der Waals surface area contributed by atoms with E-state index in [0.29, 0.717) is 25.3 Å². The zero-order chi connectivity index (χ0) is 42.3. The topological polar surface area (TPSA) is 44.2 Å². The number of benzene rings is 4. The van der Waals surface area contributed by atoms with Crippen molar-refractivity contribution in [2.24, 2.45) is 23.7 Å². The van der Waals surface area contributed by atoms with Crippen LogP contribution in [0.5, 0.6) is 0 Å². The van der Waals surface area contributed by atoms with Gasteiger partial charge < -0.3 is 18.4 Å². The van der Waals surface area contributed by atoms with E-state index in [4.69, 9.17) is 19.4 Å². The van der Waals surface area contributed by atoms with E-state index >= 15 is 0 Å². The maximum atomic E-state index is 6.92. The quantitative estimate of drug-likeness (QED) is 0.0720. The molecule has 0 amide bonds. The highest BCUT2D eigenvalue weighted by Gasteiger charge is 2.56. The van der Waals surface area contributed by atoms with Crippen LogP contribution in [0.15, 0.2) is 135 Å². The van der Waals surface area contributed by atoms with Gasteiger partial charge >= 0.3 is 0 Å². The number of rotatable bonds is 16. The van der Waals surface area contributed by atoms with E-state index in [2.05, 4.69) is 124 Å². The standard InChI is InChI=1S/C56H66N4O2/c1-5-29-61-55(49-21-25-57-51-15-11-9-13-47(49)51)53-33-44-23-27-59(53,37-41(44)7-3)35-39-17-19-43-20-18-40(32-46(43)31-39)36-60-28-24-45(42(8-4)38-60)34-54(60)56(62-30-6-2)50-22-26-58-52-16-12-10-14-48(50)52/h5-6,9-22,25-26,31-32,41-42,44-45,53-56H,1-2,7-8,23-24,27-30,33-38H2,3-4H3/q+2/t41-,42-,44-,45-,53-,54-,55+,56+,59+,60+/m0/s1. The molecule has 62 heavy (non-hydrogen) atoms. The fourth-order valence-electron chi connectivity index (χ4n) is 13.5. The van der Waals surface area contributed by atoms with Gasteiger partial charge in [-0.2, -0.15) is 0 Å². The van der Waals surface area contributed by atoms with Crippen LogP contribution >= 0.6 is 0 Å². The first-order chi connectivity index (χ1) is 30.4. The summed E-state index contributed by atoms with van der Waals surface area (Å²) in [6.45, 7) is 20.9. The molecule has 12 rings (SSSR count). The Morgan fingerprint density at radius 1 is 0.613 bits per heavy atom. The molecule has 0 radical (unpaired) electrons. The Morgan fingerprint density at radius 3 is 1.53 bits per heavy atom. The lowest BCUT2D eigenvalue weighted by Gasteiger charge is -2.59. The normalized spacial score (nSPS) is 28.9. The van der Waals surface area contributed by atoms with Crippen LogP contribution in [0, 0.1) is 23.7 Å². The zero-order valence-corrected chi connectivity index (χ0v) is 37.1. The minimum Gasteiger partial charge on any atom is -0.363 e. The van der Waals surface area contributed by atoms with E-state index in [0.717, 1.165) is 56.8 Å². The molecule has 8 heterocycles. The van der Waals surface area contributed by atoms with Crippen LogP contribution in [0.2, 0.25) is 0 Å². The number of hydrogen-bond donors (Lipinski definition) is 0. The van der Waals surface area contributed by atoms with Gasteiger partial charge in [-0.05, 0) is 83.0 Å². The predicted octanol–water partition coefficient (Wildman–Crippen LogP) is 12.1. The zero-order valence-electron chi connectivity index (χ0n) is 37.1. The average molecular weight is 827 g/mol. The third-order valence-electron chi connectivity index (χ3n) is 16.4. The van der Waals surface area contributed by atoms with Gasteiger partial charge in [0.2, 0.25) is 0 Å². The van der Waals surface area contributed by atoms with Crippen LogP contribution in [0.3, 0.4) is 0 Å². The smallest absolute Gasteiger partial charge is 0.135 e. The van der Waals surface area contributed by atoms with E-state index < -0.39 is 0 Å². The lowest BCUT2D eigenvalue weighted by Crippen LogP contribution is -2.68. The summed E-state index contributed by atoms with van der Waals surface area (Å²) in [6.07, 6.45) is 15.2. The largest absolute Gasteiger partial charge is 0.363 e. The number of ether oxygens (including phenoxy) is 2. The summed E-state index contributed by atoms with van der Waals surface area (Å²) < 4.78 is 16.0. The molecule has 10 atom stereocenters. The van der Waals surface area contributed by atoms with E-state index in [1.165, 1.54) is 109 Å². The Bertz CT molecular complexity index is 2390. The number of nitrogens with zero attached hydrogens (tertiary/aromatic N) is 4. The number of para-hydroxylation sites is 2. The van der Waals surface area contributed by atoms with E-state index in [1.54, 1.807) is 0 Å². The van der Waals surface area contributed by atoms with Gasteiger partial charge in [-0.25, -0.2) is 0 Å². The Hall–Kier alpha value is -4.72. The Balaban J connectivity index is 0.995. The summed E-state index contributed by atoms with van der Waals surface area (Å²) in [6, 6.07) is 37.1. The van der Waals surface area contributed by atoms with Gasteiger partial charge in [-0.1, -0.05) is 86.7 Å². The number of piperidine rings is 6. The third kappa shape index (κ3) is 7.51. The number of hydrogen-bond acceptors (Lipinski definition) is 4. The fourth-order valence-corrected chi connectivity index (χ4v) is 13.5. The van der Waals surface area contributed by atoms with Crippen molar-refractivity contribution in [3.05, 3.63) is 157 Å². The SMILES string of the molecule is C=CCO[C@H](c1ccnc2ccccc12)[C@@H]1C[C@@H]2CC[N@@+]1(Cc1ccc3ccc(C[N@@+]45CC[C@@H](C[C@H]4[C@H](OCC=C)c4ccnc6ccccc46)[C@@H](CC)C5)cc3c1)C[C@@H]2CC. The maximum Gasteiger partial charge on any atom is 0.135 e. The number of aromatic nitrogens is 2. The second kappa shape index (κ2) is 17.4. The highest BCUT2D eigenvalue weighted by atomic mass is 16.5. The van der Waals surface area contributed by atoms with Crippen LogP contribution in [0.1, 0.15) is 86.8 Å². The van der Waals surface area contributed by atoms with Gasteiger partial charge in [0.1, 0.15) is 37.4 Å². The van der Waals surface area contributed by atoms with Crippen molar-refractivity contribution < 1.29 is 18.4 Å². The van der Waals surface area contributed by atoms with Crippen LogP contribution in [0.25, 0.3) is 32.6 Å². The summed E-state index contributed by atoms with van der Waals surface area (Å²) in [7, 11) is 0. The molecule has 6 nitrogen and oxygen atoms in total. The maximum absolute atomic E-state index is 6.92. The van der Waals surface area contributed by atoms with Crippen LogP contribution in [-0.2, 0) is 22.6 Å². The number of fused-ring (bicyclic) bond motifs is 9. The minimum absolute atomic E-state index is 0.0273. The predicted molar refractivity (Wildman–Crippen MR) is 253 cm³/mol. The molecule has 4 bridgehead atoms. The minimum atomic E-state index is -0.0273. The molecule has 0 spiro atoms. The second-order valence-corrected chi connectivity index (χ2v) is 19.5. The van der Waals surface area contributed by atoms with Gasteiger partial charge in [0.25, 0.3) is 0 Å². The molecule has 320 valence electrons. The molecule has 0 N–H and O–H groups in total. The average Bonchev–Trinajstić information content (AvgIpc) is 3.32. The Kier molecular flexibility index (Phi) is 11.6. The van der Waals surface area contributed by atoms with Crippen molar-refractivity contribution in [1.82, 2.24) is 9.97 Å². The molecule has 0 aliphatic carbocycles. The van der Waals surface area contributed by atoms with Gasteiger partial charge in [0.05, 0.1) is 50.4 Å².